The molecule has 0 aliphatic carbocycles. The number of carbonyl (C=O) groups excluding carboxylic acids is 1. The van der Waals surface area contributed by atoms with Crippen molar-refractivity contribution in [3.05, 3.63) is 48.5 Å². The lowest BCUT2D eigenvalue weighted by molar-refractivity contribution is -0.120. The molecule has 25 heavy (non-hydrogen) atoms. The van der Waals surface area contributed by atoms with Crippen molar-refractivity contribution in [2.45, 2.75) is 43.0 Å². The Labute approximate surface area is 150 Å². The summed E-state index contributed by atoms with van der Waals surface area (Å²) < 4.78 is 0. The minimum atomic E-state index is -0.249. The van der Waals surface area contributed by atoms with Crippen LogP contribution in [0.15, 0.2) is 48.0 Å². The molecule has 3 rings (SSSR count). The molecule has 7 heteroatoms. The number of rotatable bonds is 7. The average Bonchev–Trinajstić information content (AvgIpc) is 3.10. The highest BCUT2D eigenvalue weighted by Gasteiger charge is 2.19. The van der Waals surface area contributed by atoms with Crippen molar-refractivity contribution in [2.24, 2.45) is 0 Å². The third kappa shape index (κ3) is 4.57. The van der Waals surface area contributed by atoms with E-state index < -0.39 is 0 Å². The van der Waals surface area contributed by atoms with E-state index in [9.17, 15) is 4.79 Å². The number of H-pyrrole nitrogens is 1. The summed E-state index contributed by atoms with van der Waals surface area (Å²) in [5.74, 6) is 0.0110. The predicted octanol–water partition coefficient (Wildman–Crippen LogP) is 2.97. The van der Waals surface area contributed by atoms with Gasteiger partial charge in [-0.3, -0.25) is 4.79 Å². The van der Waals surface area contributed by atoms with E-state index in [1.54, 1.807) is 6.33 Å². The first-order chi connectivity index (χ1) is 12.1. The number of hydrogen-bond donors (Lipinski definition) is 2. The Hall–Kier alpha value is -2.41. The summed E-state index contributed by atoms with van der Waals surface area (Å²) >= 11 is 1.41. The van der Waals surface area contributed by atoms with E-state index in [0.29, 0.717) is 5.65 Å². The van der Waals surface area contributed by atoms with Gasteiger partial charge in [0.1, 0.15) is 16.9 Å². The summed E-state index contributed by atoms with van der Waals surface area (Å²) in [6.07, 6.45) is 4.91. The van der Waals surface area contributed by atoms with Crippen molar-refractivity contribution in [3.63, 3.8) is 0 Å². The smallest absolute Gasteiger partial charge is 0.233 e. The molecular formula is C18H21N5OS. The van der Waals surface area contributed by atoms with Crippen LogP contribution in [0.25, 0.3) is 11.2 Å². The molecule has 0 aliphatic heterocycles. The summed E-state index contributed by atoms with van der Waals surface area (Å²) in [6.45, 7) is 3.92. The second-order valence-electron chi connectivity index (χ2n) is 5.97. The van der Waals surface area contributed by atoms with Gasteiger partial charge in [-0.15, -0.1) is 0 Å². The number of imidazole rings is 1. The number of aromatic amines is 1. The number of amides is 1. The fraction of sp³-hybridized carbons (Fsp3) is 0.333. The standard InChI is InChI=1S/C18H21N5OS/c1-12(8-9-14-6-4-3-5-7-14)23-17(24)13(2)25-18-15-16(20-10-19-15)21-11-22-18/h3-7,10-13H,8-9H2,1-2H3,(H,23,24)(H,19,20,21,22)/t12-,13-/m0/s1. The van der Waals surface area contributed by atoms with E-state index in [1.807, 2.05) is 32.0 Å². The molecule has 130 valence electrons. The lowest BCUT2D eigenvalue weighted by Crippen LogP contribution is -2.37. The van der Waals surface area contributed by atoms with Gasteiger partial charge in [0.15, 0.2) is 5.65 Å². The number of carbonyl (C=O) groups is 1. The summed E-state index contributed by atoms with van der Waals surface area (Å²) in [5, 5.41) is 3.57. The van der Waals surface area contributed by atoms with Crippen LogP contribution in [0.4, 0.5) is 0 Å². The van der Waals surface area contributed by atoms with E-state index in [0.717, 1.165) is 23.4 Å². The summed E-state index contributed by atoms with van der Waals surface area (Å²) in [7, 11) is 0. The Bertz CT molecular complexity index is 836. The van der Waals surface area contributed by atoms with Gasteiger partial charge in [0.25, 0.3) is 0 Å². The zero-order valence-electron chi connectivity index (χ0n) is 14.3. The molecule has 2 N–H and O–H groups in total. The Morgan fingerprint density at radius 3 is 2.80 bits per heavy atom. The van der Waals surface area contributed by atoms with Crippen LogP contribution >= 0.6 is 11.8 Å². The molecule has 3 aromatic rings. The van der Waals surface area contributed by atoms with Crippen LogP contribution in [-0.4, -0.2) is 37.1 Å². The van der Waals surface area contributed by atoms with Crippen molar-refractivity contribution in [2.75, 3.05) is 0 Å². The highest BCUT2D eigenvalue weighted by atomic mass is 32.2. The van der Waals surface area contributed by atoms with Gasteiger partial charge in [-0.25, -0.2) is 15.0 Å². The third-order valence-corrected chi connectivity index (χ3v) is 5.04. The SMILES string of the molecule is C[C@H](Sc1ncnc2nc[nH]c12)C(=O)N[C@@H](C)CCc1ccccc1. The largest absolute Gasteiger partial charge is 0.353 e. The number of fused-ring (bicyclic) bond motifs is 1. The Morgan fingerprint density at radius 1 is 1.20 bits per heavy atom. The first-order valence-electron chi connectivity index (χ1n) is 8.28. The topological polar surface area (TPSA) is 83.6 Å². The van der Waals surface area contributed by atoms with E-state index in [4.69, 9.17) is 0 Å². The summed E-state index contributed by atoms with van der Waals surface area (Å²) in [4.78, 5) is 27.9. The third-order valence-electron chi connectivity index (χ3n) is 3.94. The predicted molar refractivity (Wildman–Crippen MR) is 99.4 cm³/mol. The highest BCUT2D eigenvalue weighted by molar-refractivity contribution is 8.00. The van der Waals surface area contributed by atoms with Crippen LogP contribution in [0.5, 0.6) is 0 Å². The zero-order chi connectivity index (χ0) is 17.6. The van der Waals surface area contributed by atoms with Crippen LogP contribution in [0, 0.1) is 0 Å². The molecular weight excluding hydrogens is 334 g/mol. The molecule has 0 saturated heterocycles. The molecule has 6 nitrogen and oxygen atoms in total. The van der Waals surface area contributed by atoms with Crippen molar-refractivity contribution >= 4 is 28.8 Å². The van der Waals surface area contributed by atoms with Gasteiger partial charge in [0.2, 0.25) is 5.91 Å². The molecule has 1 amide bonds. The van der Waals surface area contributed by atoms with Crippen molar-refractivity contribution in [3.8, 4) is 0 Å². The van der Waals surface area contributed by atoms with E-state index in [1.165, 1.54) is 23.7 Å². The molecule has 0 radical (unpaired) electrons. The summed E-state index contributed by atoms with van der Waals surface area (Å²) in [5.41, 5.74) is 2.67. The Kier molecular flexibility index (Phi) is 5.65. The van der Waals surface area contributed by atoms with Crippen molar-refractivity contribution in [1.82, 2.24) is 25.3 Å². The number of aryl methyl sites for hydroxylation is 1. The van der Waals surface area contributed by atoms with Gasteiger partial charge in [0.05, 0.1) is 11.6 Å². The van der Waals surface area contributed by atoms with Crippen molar-refractivity contribution < 1.29 is 4.79 Å². The number of hydrogen-bond acceptors (Lipinski definition) is 5. The monoisotopic (exact) mass is 355 g/mol. The maximum absolute atomic E-state index is 12.4. The van der Waals surface area contributed by atoms with Crippen LogP contribution in [0.3, 0.4) is 0 Å². The first-order valence-corrected chi connectivity index (χ1v) is 9.16. The molecule has 0 fully saturated rings. The molecule has 0 saturated carbocycles. The average molecular weight is 355 g/mol. The molecule has 2 heterocycles. The van der Waals surface area contributed by atoms with E-state index >= 15 is 0 Å². The van der Waals surface area contributed by atoms with Gasteiger partial charge in [-0.05, 0) is 32.3 Å². The number of aromatic nitrogens is 4. The minimum absolute atomic E-state index is 0.0110. The van der Waals surface area contributed by atoms with Gasteiger partial charge in [-0.1, -0.05) is 42.1 Å². The second-order valence-corrected chi connectivity index (χ2v) is 7.30. The van der Waals surface area contributed by atoms with Crippen LogP contribution in [-0.2, 0) is 11.2 Å². The molecule has 2 aromatic heterocycles. The van der Waals surface area contributed by atoms with Gasteiger partial charge < -0.3 is 10.3 Å². The zero-order valence-corrected chi connectivity index (χ0v) is 15.1. The Morgan fingerprint density at radius 2 is 2.00 bits per heavy atom. The van der Waals surface area contributed by atoms with Gasteiger partial charge in [-0.2, -0.15) is 0 Å². The molecule has 2 atom stereocenters. The lowest BCUT2D eigenvalue weighted by Gasteiger charge is -2.17. The second kappa shape index (κ2) is 8.11. The fourth-order valence-corrected chi connectivity index (χ4v) is 3.40. The number of benzene rings is 1. The quantitative estimate of drug-likeness (QED) is 0.503. The summed E-state index contributed by atoms with van der Waals surface area (Å²) in [6, 6.07) is 10.4. The number of thioether (sulfide) groups is 1. The number of nitrogens with zero attached hydrogens (tertiary/aromatic N) is 3. The van der Waals surface area contributed by atoms with Gasteiger partial charge in [0, 0.05) is 6.04 Å². The Balaban J connectivity index is 1.52. The lowest BCUT2D eigenvalue weighted by atomic mass is 10.1. The normalized spacial score (nSPS) is 13.5. The van der Waals surface area contributed by atoms with E-state index in [-0.39, 0.29) is 17.2 Å². The van der Waals surface area contributed by atoms with Gasteiger partial charge >= 0.3 is 0 Å². The fourth-order valence-electron chi connectivity index (χ4n) is 2.51. The van der Waals surface area contributed by atoms with Crippen LogP contribution in [0.1, 0.15) is 25.8 Å². The van der Waals surface area contributed by atoms with E-state index in [2.05, 4.69) is 37.4 Å². The molecule has 0 aliphatic rings. The van der Waals surface area contributed by atoms with Crippen molar-refractivity contribution in [1.29, 1.82) is 0 Å². The number of nitrogens with one attached hydrogen (secondary N) is 2. The minimum Gasteiger partial charge on any atom is -0.353 e. The molecule has 0 unspecified atom stereocenters. The van der Waals surface area contributed by atoms with Crippen LogP contribution in [0.2, 0.25) is 0 Å². The molecule has 0 spiro atoms. The maximum Gasteiger partial charge on any atom is 0.233 e. The maximum atomic E-state index is 12.4. The highest BCUT2D eigenvalue weighted by Crippen LogP contribution is 2.26. The van der Waals surface area contributed by atoms with Crippen LogP contribution < -0.4 is 5.32 Å². The molecule has 0 bridgehead atoms. The first kappa shape index (κ1) is 17.4. The molecule has 1 aromatic carbocycles.